The van der Waals surface area contributed by atoms with Crippen molar-refractivity contribution in [2.24, 2.45) is 0 Å². The lowest BCUT2D eigenvalue weighted by atomic mass is 10.0. The minimum atomic E-state index is -0.593. The van der Waals surface area contributed by atoms with Crippen LogP contribution in [0.4, 0.5) is 0 Å². The van der Waals surface area contributed by atoms with Gasteiger partial charge in [0.1, 0.15) is 0 Å². The number of hydroxylamine groups is 1. The molecular weight excluding hydrogens is 330 g/mol. The molecule has 1 aliphatic rings. The molecular formula is C20H19N3O3. The second-order valence-corrected chi connectivity index (χ2v) is 6.02. The molecule has 1 saturated carbocycles. The maximum atomic E-state index is 12.6. The Bertz CT molecular complexity index is 838. The second kappa shape index (κ2) is 8.22. The van der Waals surface area contributed by atoms with Crippen molar-refractivity contribution in [2.45, 2.75) is 18.9 Å². The first-order valence-electron chi connectivity index (χ1n) is 8.31. The van der Waals surface area contributed by atoms with E-state index in [1.807, 2.05) is 36.4 Å². The molecule has 2 amide bonds. The fraction of sp³-hybridized carbons (Fsp3) is 0.150. The Morgan fingerprint density at radius 1 is 1.12 bits per heavy atom. The lowest BCUT2D eigenvalue weighted by Crippen LogP contribution is -2.26. The standard InChI is InChI=1S/C20H19N3O3/c24-19(23-26)10-7-14-3-5-15(6-4-14)12-18(16-2-1-11-21-13-16)20(25)22-17-8-9-17/h1-7,10-13,17,26H,8-9H2,(H,22,25)(H,23,24). The number of benzene rings is 1. The number of carbonyl (C=O) groups is 2. The van der Waals surface area contributed by atoms with Crippen molar-refractivity contribution < 1.29 is 14.8 Å². The molecule has 0 aliphatic heterocycles. The summed E-state index contributed by atoms with van der Waals surface area (Å²) >= 11 is 0. The molecule has 132 valence electrons. The first kappa shape index (κ1) is 17.6. The molecule has 0 bridgehead atoms. The van der Waals surface area contributed by atoms with Crippen molar-refractivity contribution in [1.82, 2.24) is 15.8 Å². The van der Waals surface area contributed by atoms with Gasteiger partial charge in [-0.2, -0.15) is 0 Å². The van der Waals surface area contributed by atoms with Crippen LogP contribution in [0.15, 0.2) is 54.9 Å². The highest BCUT2D eigenvalue weighted by molar-refractivity contribution is 6.24. The van der Waals surface area contributed by atoms with Gasteiger partial charge >= 0.3 is 0 Å². The average Bonchev–Trinajstić information content (AvgIpc) is 3.49. The van der Waals surface area contributed by atoms with E-state index in [1.165, 1.54) is 11.6 Å². The molecule has 0 spiro atoms. The van der Waals surface area contributed by atoms with Gasteiger partial charge in [0.15, 0.2) is 0 Å². The summed E-state index contributed by atoms with van der Waals surface area (Å²) in [6.45, 7) is 0. The normalized spacial score (nSPS) is 14.3. The van der Waals surface area contributed by atoms with E-state index in [2.05, 4.69) is 10.3 Å². The predicted molar refractivity (Wildman–Crippen MR) is 98.7 cm³/mol. The van der Waals surface area contributed by atoms with E-state index in [0.29, 0.717) is 5.57 Å². The van der Waals surface area contributed by atoms with Gasteiger partial charge in [-0.25, -0.2) is 5.48 Å². The molecule has 0 radical (unpaired) electrons. The first-order chi connectivity index (χ1) is 12.7. The van der Waals surface area contributed by atoms with Crippen LogP contribution in [0.5, 0.6) is 0 Å². The average molecular weight is 349 g/mol. The zero-order valence-corrected chi connectivity index (χ0v) is 14.1. The number of rotatable bonds is 6. The molecule has 3 N–H and O–H groups in total. The maximum absolute atomic E-state index is 12.6. The summed E-state index contributed by atoms with van der Waals surface area (Å²) in [5.74, 6) is -0.700. The summed E-state index contributed by atoms with van der Waals surface area (Å²) in [5, 5.41) is 11.5. The fourth-order valence-corrected chi connectivity index (χ4v) is 2.37. The van der Waals surface area contributed by atoms with Gasteiger partial charge in [0.2, 0.25) is 0 Å². The Morgan fingerprint density at radius 2 is 1.85 bits per heavy atom. The van der Waals surface area contributed by atoms with Crippen molar-refractivity contribution in [3.05, 3.63) is 71.6 Å². The first-order valence-corrected chi connectivity index (χ1v) is 8.31. The molecule has 0 saturated heterocycles. The molecule has 1 aromatic heterocycles. The maximum Gasteiger partial charge on any atom is 0.267 e. The second-order valence-electron chi connectivity index (χ2n) is 6.02. The topological polar surface area (TPSA) is 91.3 Å². The van der Waals surface area contributed by atoms with Crippen LogP contribution < -0.4 is 10.8 Å². The molecule has 0 unspecified atom stereocenters. The summed E-state index contributed by atoms with van der Waals surface area (Å²) in [6, 6.07) is 11.3. The number of hydrogen-bond donors (Lipinski definition) is 3. The zero-order valence-electron chi connectivity index (χ0n) is 14.1. The summed E-state index contributed by atoms with van der Waals surface area (Å²) in [6.07, 6.45) is 10.0. The van der Waals surface area contributed by atoms with Crippen molar-refractivity contribution in [3.63, 3.8) is 0 Å². The number of nitrogens with one attached hydrogen (secondary N) is 2. The van der Waals surface area contributed by atoms with E-state index in [4.69, 9.17) is 5.21 Å². The minimum Gasteiger partial charge on any atom is -0.349 e. The molecule has 3 rings (SSSR count). The Morgan fingerprint density at radius 3 is 2.46 bits per heavy atom. The predicted octanol–water partition coefficient (Wildman–Crippen LogP) is 2.42. The molecule has 6 heteroatoms. The summed E-state index contributed by atoms with van der Waals surface area (Å²) in [5.41, 5.74) is 4.52. The quantitative estimate of drug-likeness (QED) is 0.424. The summed E-state index contributed by atoms with van der Waals surface area (Å²) < 4.78 is 0. The van der Waals surface area contributed by atoms with Crippen LogP contribution in [0.3, 0.4) is 0 Å². The lowest BCUT2D eigenvalue weighted by molar-refractivity contribution is -0.124. The number of hydrogen-bond acceptors (Lipinski definition) is 4. The molecule has 2 aromatic rings. The summed E-state index contributed by atoms with van der Waals surface area (Å²) in [4.78, 5) is 27.7. The van der Waals surface area contributed by atoms with Crippen LogP contribution >= 0.6 is 0 Å². The van der Waals surface area contributed by atoms with Crippen molar-refractivity contribution >= 4 is 29.5 Å². The Hall–Kier alpha value is -3.25. The lowest BCUT2D eigenvalue weighted by Gasteiger charge is -2.09. The molecule has 1 fully saturated rings. The van der Waals surface area contributed by atoms with Gasteiger partial charge < -0.3 is 5.32 Å². The number of pyridine rings is 1. The van der Waals surface area contributed by atoms with E-state index in [1.54, 1.807) is 24.5 Å². The van der Waals surface area contributed by atoms with Gasteiger partial charge in [-0.3, -0.25) is 19.8 Å². The highest BCUT2D eigenvalue weighted by atomic mass is 16.5. The van der Waals surface area contributed by atoms with E-state index < -0.39 is 5.91 Å². The third-order valence-electron chi connectivity index (χ3n) is 3.91. The smallest absolute Gasteiger partial charge is 0.267 e. The number of amides is 2. The van der Waals surface area contributed by atoms with E-state index in [9.17, 15) is 9.59 Å². The summed E-state index contributed by atoms with van der Waals surface area (Å²) in [7, 11) is 0. The molecule has 6 nitrogen and oxygen atoms in total. The van der Waals surface area contributed by atoms with E-state index in [-0.39, 0.29) is 11.9 Å². The highest BCUT2D eigenvalue weighted by Crippen LogP contribution is 2.23. The van der Waals surface area contributed by atoms with Crippen LogP contribution in [-0.2, 0) is 9.59 Å². The van der Waals surface area contributed by atoms with Gasteiger partial charge in [0, 0.05) is 35.6 Å². The van der Waals surface area contributed by atoms with Gasteiger partial charge in [0.05, 0.1) is 0 Å². The molecule has 26 heavy (non-hydrogen) atoms. The zero-order chi connectivity index (χ0) is 18.4. The van der Waals surface area contributed by atoms with Gasteiger partial charge in [0.25, 0.3) is 11.8 Å². The van der Waals surface area contributed by atoms with E-state index in [0.717, 1.165) is 29.5 Å². The van der Waals surface area contributed by atoms with E-state index >= 15 is 0 Å². The monoisotopic (exact) mass is 349 g/mol. The molecule has 0 atom stereocenters. The third-order valence-corrected chi connectivity index (χ3v) is 3.91. The van der Waals surface area contributed by atoms with Crippen LogP contribution in [-0.4, -0.2) is 28.0 Å². The minimum absolute atomic E-state index is 0.107. The van der Waals surface area contributed by atoms with Crippen molar-refractivity contribution in [3.8, 4) is 0 Å². The molecule has 1 aliphatic carbocycles. The Labute approximate surface area is 151 Å². The number of carbonyl (C=O) groups excluding carboxylic acids is 2. The van der Waals surface area contributed by atoms with Gasteiger partial charge in [-0.05, 0) is 42.2 Å². The third kappa shape index (κ3) is 4.87. The van der Waals surface area contributed by atoms with Gasteiger partial charge in [-0.15, -0.1) is 0 Å². The largest absolute Gasteiger partial charge is 0.349 e. The van der Waals surface area contributed by atoms with Crippen molar-refractivity contribution in [1.29, 1.82) is 0 Å². The number of aromatic nitrogens is 1. The Balaban J connectivity index is 1.83. The fourth-order valence-electron chi connectivity index (χ4n) is 2.37. The molecule has 1 aromatic carbocycles. The number of nitrogens with zero attached hydrogens (tertiary/aromatic N) is 1. The van der Waals surface area contributed by atoms with Crippen LogP contribution in [0.2, 0.25) is 0 Å². The van der Waals surface area contributed by atoms with Crippen LogP contribution in [0, 0.1) is 0 Å². The molecule has 1 heterocycles. The SMILES string of the molecule is O=C(C=Cc1ccc(C=C(C(=O)NC2CC2)c2cccnc2)cc1)NO. The van der Waals surface area contributed by atoms with Crippen molar-refractivity contribution in [2.75, 3.05) is 0 Å². The van der Waals surface area contributed by atoms with Crippen LogP contribution in [0.25, 0.3) is 17.7 Å². The van der Waals surface area contributed by atoms with Gasteiger partial charge in [-0.1, -0.05) is 30.3 Å². The highest BCUT2D eigenvalue weighted by Gasteiger charge is 2.25. The van der Waals surface area contributed by atoms with Crippen LogP contribution in [0.1, 0.15) is 29.5 Å². The Kier molecular flexibility index (Phi) is 5.56.